The summed E-state index contributed by atoms with van der Waals surface area (Å²) in [7, 11) is -3.82. The van der Waals surface area contributed by atoms with Crippen molar-refractivity contribution >= 4 is 38.9 Å². The van der Waals surface area contributed by atoms with Gasteiger partial charge in [-0.05, 0) is 67.1 Å². The molecule has 0 saturated carbocycles. The molecule has 0 fully saturated rings. The number of hydrogen-bond donors (Lipinski definition) is 2. The van der Waals surface area contributed by atoms with Gasteiger partial charge in [0.05, 0.1) is 10.6 Å². The largest absolute Gasteiger partial charge is 0.322 e. The summed E-state index contributed by atoms with van der Waals surface area (Å²) in [6.07, 6.45) is 0. The van der Waals surface area contributed by atoms with Crippen molar-refractivity contribution in [1.29, 1.82) is 0 Å². The summed E-state index contributed by atoms with van der Waals surface area (Å²) in [6, 6.07) is 15.8. The van der Waals surface area contributed by atoms with Crippen molar-refractivity contribution in [2.24, 2.45) is 0 Å². The smallest absolute Gasteiger partial charge is 0.261 e. The highest BCUT2D eigenvalue weighted by molar-refractivity contribution is 7.92. The Balaban J connectivity index is 1.74. The molecule has 0 atom stereocenters. The van der Waals surface area contributed by atoms with Gasteiger partial charge in [0.15, 0.2) is 0 Å². The summed E-state index contributed by atoms with van der Waals surface area (Å²) in [5.41, 5.74) is 1.73. The molecule has 3 aromatic carbocycles. The van der Waals surface area contributed by atoms with Gasteiger partial charge in [0.2, 0.25) is 0 Å². The van der Waals surface area contributed by atoms with Crippen molar-refractivity contribution in [2.45, 2.75) is 11.8 Å². The summed E-state index contributed by atoms with van der Waals surface area (Å²) in [5, 5.41) is 3.04. The molecule has 8 heteroatoms. The van der Waals surface area contributed by atoms with Crippen LogP contribution in [-0.4, -0.2) is 14.3 Å². The Kier molecular flexibility index (Phi) is 5.67. The second kappa shape index (κ2) is 8.00. The highest BCUT2D eigenvalue weighted by Crippen LogP contribution is 2.23. The van der Waals surface area contributed by atoms with E-state index in [1.807, 2.05) is 6.92 Å². The van der Waals surface area contributed by atoms with Crippen LogP contribution >= 0.6 is 11.6 Å². The molecule has 0 radical (unpaired) electrons. The van der Waals surface area contributed by atoms with Crippen LogP contribution in [0, 0.1) is 12.7 Å². The molecule has 5 nitrogen and oxygen atoms in total. The molecular weight excluding hydrogens is 403 g/mol. The molecule has 0 unspecified atom stereocenters. The van der Waals surface area contributed by atoms with Gasteiger partial charge in [-0.2, -0.15) is 0 Å². The Morgan fingerprint density at radius 2 is 1.64 bits per heavy atom. The molecule has 0 aromatic heterocycles. The van der Waals surface area contributed by atoms with Crippen molar-refractivity contribution in [1.82, 2.24) is 0 Å². The van der Waals surface area contributed by atoms with Gasteiger partial charge in [-0.15, -0.1) is 0 Å². The topological polar surface area (TPSA) is 75.3 Å². The first-order valence-corrected chi connectivity index (χ1v) is 10.1. The van der Waals surface area contributed by atoms with E-state index in [2.05, 4.69) is 10.0 Å². The number of anilines is 2. The van der Waals surface area contributed by atoms with Gasteiger partial charge in [0, 0.05) is 16.3 Å². The molecular formula is C20H16ClFN2O3S. The second-order valence-electron chi connectivity index (χ2n) is 6.06. The molecule has 1 amide bonds. The fraction of sp³-hybridized carbons (Fsp3) is 0.0500. The minimum atomic E-state index is -3.82. The molecule has 3 aromatic rings. The molecule has 0 saturated heterocycles. The zero-order valence-electron chi connectivity index (χ0n) is 14.7. The predicted molar refractivity (Wildman–Crippen MR) is 108 cm³/mol. The van der Waals surface area contributed by atoms with E-state index in [0.717, 1.165) is 11.6 Å². The number of benzene rings is 3. The minimum absolute atomic E-state index is 0.0213. The molecule has 28 heavy (non-hydrogen) atoms. The predicted octanol–water partition coefficient (Wildman–Crippen LogP) is 4.84. The number of carbonyl (C=O) groups excluding carboxylic acids is 1. The van der Waals surface area contributed by atoms with Crippen molar-refractivity contribution in [3.63, 3.8) is 0 Å². The molecule has 144 valence electrons. The van der Waals surface area contributed by atoms with E-state index in [-0.39, 0.29) is 10.5 Å². The molecule has 0 aliphatic rings. The van der Waals surface area contributed by atoms with Gasteiger partial charge < -0.3 is 5.32 Å². The van der Waals surface area contributed by atoms with Crippen LogP contribution in [-0.2, 0) is 10.0 Å². The molecule has 3 rings (SSSR count). The van der Waals surface area contributed by atoms with Gasteiger partial charge in [0.1, 0.15) is 5.82 Å². The first kappa shape index (κ1) is 19.9. The van der Waals surface area contributed by atoms with Crippen LogP contribution in [0.5, 0.6) is 0 Å². The maximum Gasteiger partial charge on any atom is 0.261 e. The lowest BCUT2D eigenvalue weighted by atomic mass is 10.2. The number of rotatable bonds is 5. The normalized spacial score (nSPS) is 11.1. The van der Waals surface area contributed by atoms with Gasteiger partial charge in [-0.1, -0.05) is 23.7 Å². The first-order valence-electron chi connectivity index (χ1n) is 8.20. The number of nitrogens with one attached hydrogen (secondary N) is 2. The zero-order valence-corrected chi connectivity index (χ0v) is 16.3. The maximum absolute atomic E-state index is 13.2. The highest BCUT2D eigenvalue weighted by Gasteiger charge is 2.15. The van der Waals surface area contributed by atoms with E-state index < -0.39 is 21.7 Å². The summed E-state index contributed by atoms with van der Waals surface area (Å²) in [4.78, 5) is 12.1. The molecule has 0 heterocycles. The van der Waals surface area contributed by atoms with E-state index in [4.69, 9.17) is 11.6 Å². The molecule has 0 aliphatic heterocycles. The number of carbonyl (C=O) groups is 1. The Bertz CT molecular complexity index is 1130. The van der Waals surface area contributed by atoms with E-state index in [0.29, 0.717) is 16.4 Å². The monoisotopic (exact) mass is 418 g/mol. The van der Waals surface area contributed by atoms with E-state index in [9.17, 15) is 17.6 Å². The SMILES string of the molecule is Cc1ccc(NS(=O)(=O)c2ccc(NC(=O)c3cccc(F)c3)cc2)cc1Cl. The van der Waals surface area contributed by atoms with Gasteiger partial charge in [0.25, 0.3) is 15.9 Å². The van der Waals surface area contributed by atoms with E-state index >= 15 is 0 Å². The van der Waals surface area contributed by atoms with Gasteiger partial charge in [-0.3, -0.25) is 9.52 Å². The van der Waals surface area contributed by atoms with Crippen LogP contribution in [0.15, 0.2) is 71.6 Å². The molecule has 2 N–H and O–H groups in total. The molecule has 0 aliphatic carbocycles. The lowest BCUT2D eigenvalue weighted by Gasteiger charge is -2.10. The van der Waals surface area contributed by atoms with Crippen molar-refractivity contribution in [3.05, 3.63) is 88.7 Å². The van der Waals surface area contributed by atoms with Gasteiger partial charge in [-0.25, -0.2) is 12.8 Å². The van der Waals surface area contributed by atoms with Gasteiger partial charge >= 0.3 is 0 Å². The summed E-state index contributed by atoms with van der Waals surface area (Å²) in [5.74, 6) is -1.01. The molecule has 0 bridgehead atoms. The average molecular weight is 419 g/mol. The standard InChI is InChI=1S/C20H16ClFN2O3S/c1-13-5-6-17(12-19(13)21)24-28(26,27)18-9-7-16(8-10-18)23-20(25)14-3-2-4-15(22)11-14/h2-12,24H,1H3,(H,23,25). The second-order valence-corrected chi connectivity index (χ2v) is 8.15. The lowest BCUT2D eigenvalue weighted by molar-refractivity contribution is 0.102. The Morgan fingerprint density at radius 3 is 2.29 bits per heavy atom. The fourth-order valence-electron chi connectivity index (χ4n) is 2.42. The summed E-state index contributed by atoms with van der Waals surface area (Å²) >= 11 is 6.02. The number of hydrogen-bond acceptors (Lipinski definition) is 3. The van der Waals surface area contributed by atoms with Crippen LogP contribution in [0.25, 0.3) is 0 Å². The summed E-state index contributed by atoms with van der Waals surface area (Å²) < 4.78 is 40.7. The number of amides is 1. The Labute approximate surface area is 167 Å². The quantitative estimate of drug-likeness (QED) is 0.622. The maximum atomic E-state index is 13.2. The van der Waals surface area contributed by atoms with Crippen molar-refractivity contribution in [3.8, 4) is 0 Å². The van der Waals surface area contributed by atoms with Crippen LogP contribution in [0.4, 0.5) is 15.8 Å². The van der Waals surface area contributed by atoms with Crippen molar-refractivity contribution in [2.75, 3.05) is 10.0 Å². The van der Waals surface area contributed by atoms with Crippen molar-refractivity contribution < 1.29 is 17.6 Å². The highest BCUT2D eigenvalue weighted by atomic mass is 35.5. The van der Waals surface area contributed by atoms with E-state index in [1.165, 1.54) is 48.5 Å². The average Bonchev–Trinajstić information content (AvgIpc) is 2.65. The number of aryl methyl sites for hydroxylation is 1. The fourth-order valence-corrected chi connectivity index (χ4v) is 3.65. The lowest BCUT2D eigenvalue weighted by Crippen LogP contribution is -2.14. The third-order valence-electron chi connectivity index (χ3n) is 3.93. The number of sulfonamides is 1. The summed E-state index contributed by atoms with van der Waals surface area (Å²) in [6.45, 7) is 1.82. The zero-order chi connectivity index (χ0) is 20.3. The third-order valence-corrected chi connectivity index (χ3v) is 5.74. The minimum Gasteiger partial charge on any atom is -0.322 e. The Hall–Kier alpha value is -2.90. The molecule has 0 spiro atoms. The Morgan fingerprint density at radius 1 is 0.964 bits per heavy atom. The van der Waals surface area contributed by atoms with Crippen LogP contribution < -0.4 is 10.0 Å². The third kappa shape index (κ3) is 4.68. The van der Waals surface area contributed by atoms with E-state index in [1.54, 1.807) is 12.1 Å². The van der Waals surface area contributed by atoms with Crippen LogP contribution in [0.3, 0.4) is 0 Å². The number of halogens is 2. The van der Waals surface area contributed by atoms with Crippen LogP contribution in [0.2, 0.25) is 5.02 Å². The van der Waals surface area contributed by atoms with Crippen LogP contribution in [0.1, 0.15) is 15.9 Å². The first-order chi connectivity index (χ1) is 13.2.